The van der Waals surface area contributed by atoms with E-state index in [1.165, 1.54) is 32.6 Å². The minimum absolute atomic E-state index is 0.122. The van der Waals surface area contributed by atoms with Crippen LogP contribution in [0.3, 0.4) is 0 Å². The van der Waals surface area contributed by atoms with Crippen LogP contribution in [0.15, 0.2) is 27.8 Å². The quantitative estimate of drug-likeness (QED) is 0.638. The van der Waals surface area contributed by atoms with E-state index in [0.717, 1.165) is 61.0 Å². The summed E-state index contributed by atoms with van der Waals surface area (Å²) >= 11 is 1.59. The molecule has 1 unspecified atom stereocenters. The van der Waals surface area contributed by atoms with Gasteiger partial charge in [-0.1, -0.05) is 12.1 Å². The fraction of sp³-hybridized carbons (Fsp3) is 0.520. The molecule has 0 bridgehead atoms. The average Bonchev–Trinajstić information content (AvgIpc) is 3.40. The largest absolute Gasteiger partial charge is 0.496 e. The Hall–Kier alpha value is -2.38. The SMILES string of the molecule is COc1cccc2c1CC[C@H]1CNC(CCn3c(=O)[nH]c4c5c(sc4c3=O)CCCC5)[C@@H]21. The summed E-state index contributed by atoms with van der Waals surface area (Å²) in [5.74, 6) is 1.98. The minimum atomic E-state index is -0.270. The van der Waals surface area contributed by atoms with Crippen molar-refractivity contribution < 1.29 is 4.74 Å². The molecule has 6 rings (SSSR count). The molecule has 7 heteroatoms. The van der Waals surface area contributed by atoms with Crippen molar-refractivity contribution in [2.45, 2.75) is 63.5 Å². The number of thiophene rings is 1. The van der Waals surface area contributed by atoms with E-state index in [0.29, 0.717) is 18.4 Å². The molecule has 0 spiro atoms. The maximum absolute atomic E-state index is 13.3. The third kappa shape index (κ3) is 3.09. The van der Waals surface area contributed by atoms with Gasteiger partial charge in [-0.3, -0.25) is 9.36 Å². The maximum atomic E-state index is 13.3. The van der Waals surface area contributed by atoms with Gasteiger partial charge in [-0.25, -0.2) is 4.79 Å². The second-order valence-electron chi connectivity index (χ2n) is 9.46. The van der Waals surface area contributed by atoms with E-state index in [-0.39, 0.29) is 17.3 Å². The summed E-state index contributed by atoms with van der Waals surface area (Å²) in [7, 11) is 1.74. The highest BCUT2D eigenvalue weighted by Crippen LogP contribution is 2.45. The second kappa shape index (κ2) is 7.89. The average molecular weight is 452 g/mol. The van der Waals surface area contributed by atoms with Gasteiger partial charge in [0.25, 0.3) is 5.56 Å². The predicted molar refractivity (Wildman–Crippen MR) is 127 cm³/mol. The van der Waals surface area contributed by atoms with Crippen molar-refractivity contribution in [3.8, 4) is 5.75 Å². The molecule has 2 aromatic heterocycles. The number of aryl methyl sites for hydroxylation is 2. The molecule has 0 saturated carbocycles. The topological polar surface area (TPSA) is 76.1 Å². The van der Waals surface area contributed by atoms with Gasteiger partial charge in [-0.05, 0) is 80.2 Å². The molecule has 1 aliphatic heterocycles. The summed E-state index contributed by atoms with van der Waals surface area (Å²) in [6, 6.07) is 6.61. The van der Waals surface area contributed by atoms with Crippen LogP contribution in [0.1, 0.15) is 53.2 Å². The zero-order chi connectivity index (χ0) is 21.8. The number of hydrogen-bond donors (Lipinski definition) is 2. The van der Waals surface area contributed by atoms with Crippen LogP contribution >= 0.6 is 11.3 Å². The highest BCUT2D eigenvalue weighted by atomic mass is 32.1. The highest BCUT2D eigenvalue weighted by Gasteiger charge is 2.40. The van der Waals surface area contributed by atoms with Gasteiger partial charge in [0.2, 0.25) is 0 Å². The zero-order valence-corrected chi connectivity index (χ0v) is 19.2. The number of aromatic nitrogens is 2. The van der Waals surface area contributed by atoms with Crippen LogP contribution in [0.4, 0.5) is 0 Å². The van der Waals surface area contributed by atoms with Crippen LogP contribution in [0.2, 0.25) is 0 Å². The lowest BCUT2D eigenvalue weighted by Crippen LogP contribution is -2.37. The first kappa shape index (κ1) is 20.2. The van der Waals surface area contributed by atoms with E-state index in [4.69, 9.17) is 4.74 Å². The van der Waals surface area contributed by atoms with Crippen LogP contribution in [-0.4, -0.2) is 29.2 Å². The van der Waals surface area contributed by atoms with E-state index in [1.807, 2.05) is 6.07 Å². The van der Waals surface area contributed by atoms with Crippen molar-refractivity contribution in [3.63, 3.8) is 0 Å². The first-order chi connectivity index (χ1) is 15.7. The molecular weight excluding hydrogens is 422 g/mol. The molecule has 168 valence electrons. The fourth-order valence-corrected chi connectivity index (χ4v) is 7.61. The zero-order valence-electron chi connectivity index (χ0n) is 18.4. The number of fused-ring (bicyclic) bond motifs is 6. The van der Waals surface area contributed by atoms with Crippen molar-refractivity contribution in [3.05, 3.63) is 60.6 Å². The standard InChI is InChI=1S/C25H29N3O3S/c1-31-19-7-4-6-16-15(19)10-9-14-13-26-18(21(14)16)11-12-28-24(29)23-22(27-25(28)30)17-5-2-3-8-20(17)32-23/h4,6-7,14,18,21,26H,2-3,5,8-13H2,1H3,(H,27,30)/t14-,18?,21+/m0/s1. The number of H-pyrrole nitrogens is 1. The Balaban J connectivity index is 1.30. The van der Waals surface area contributed by atoms with Crippen molar-refractivity contribution in [1.29, 1.82) is 0 Å². The number of nitrogens with zero attached hydrogens (tertiary/aromatic N) is 1. The number of ether oxygens (including phenoxy) is 1. The molecule has 1 saturated heterocycles. The smallest absolute Gasteiger partial charge is 0.328 e. The van der Waals surface area contributed by atoms with Crippen LogP contribution in [-0.2, 0) is 25.8 Å². The molecule has 3 aliphatic rings. The molecule has 3 aromatic rings. The monoisotopic (exact) mass is 451 g/mol. The molecular formula is C25H29N3O3S. The Kier molecular flexibility index (Phi) is 4.99. The Morgan fingerprint density at radius 1 is 1.16 bits per heavy atom. The summed E-state index contributed by atoms with van der Waals surface area (Å²) in [6.45, 7) is 1.43. The normalized spacial score (nSPS) is 24.2. The summed E-state index contributed by atoms with van der Waals surface area (Å²) < 4.78 is 7.77. The molecule has 2 aliphatic carbocycles. The van der Waals surface area contributed by atoms with Crippen molar-refractivity contribution >= 4 is 21.6 Å². The third-order valence-electron chi connectivity index (χ3n) is 7.85. The molecule has 0 radical (unpaired) electrons. The summed E-state index contributed by atoms with van der Waals surface area (Å²) in [6.07, 6.45) is 7.24. The number of aromatic amines is 1. The molecule has 3 heterocycles. The first-order valence-electron chi connectivity index (χ1n) is 11.8. The summed E-state index contributed by atoms with van der Waals surface area (Å²) in [5, 5.41) is 3.70. The molecule has 3 atom stereocenters. The third-order valence-corrected chi connectivity index (χ3v) is 9.13. The number of nitrogens with one attached hydrogen (secondary N) is 2. The summed E-state index contributed by atoms with van der Waals surface area (Å²) in [4.78, 5) is 30.5. The minimum Gasteiger partial charge on any atom is -0.496 e. The van der Waals surface area contributed by atoms with Gasteiger partial charge in [0.1, 0.15) is 10.4 Å². The van der Waals surface area contributed by atoms with E-state index in [2.05, 4.69) is 22.4 Å². The highest BCUT2D eigenvalue weighted by molar-refractivity contribution is 7.19. The fourth-order valence-electron chi connectivity index (χ4n) is 6.31. The number of hydrogen-bond acceptors (Lipinski definition) is 5. The van der Waals surface area contributed by atoms with Crippen molar-refractivity contribution in [1.82, 2.24) is 14.9 Å². The lowest BCUT2D eigenvalue weighted by atomic mass is 9.73. The molecule has 6 nitrogen and oxygen atoms in total. The van der Waals surface area contributed by atoms with Crippen molar-refractivity contribution in [2.24, 2.45) is 5.92 Å². The number of benzene rings is 1. The van der Waals surface area contributed by atoms with Crippen LogP contribution in [0.25, 0.3) is 10.2 Å². The molecule has 0 amide bonds. The molecule has 32 heavy (non-hydrogen) atoms. The predicted octanol–water partition coefficient (Wildman–Crippen LogP) is 3.35. The first-order valence-corrected chi connectivity index (χ1v) is 12.6. The van der Waals surface area contributed by atoms with E-state index in [1.54, 1.807) is 18.4 Å². The van der Waals surface area contributed by atoms with E-state index >= 15 is 0 Å². The van der Waals surface area contributed by atoms with Gasteiger partial charge >= 0.3 is 5.69 Å². The maximum Gasteiger partial charge on any atom is 0.328 e. The molecule has 1 aromatic carbocycles. The van der Waals surface area contributed by atoms with Crippen LogP contribution in [0, 0.1) is 5.92 Å². The number of rotatable bonds is 4. The Labute approximate surface area is 190 Å². The van der Waals surface area contributed by atoms with Gasteiger partial charge < -0.3 is 15.0 Å². The lowest BCUT2D eigenvalue weighted by molar-refractivity contribution is 0.371. The Bertz CT molecular complexity index is 1300. The number of methoxy groups -OCH3 is 1. The van der Waals surface area contributed by atoms with Gasteiger partial charge in [0.05, 0.1) is 12.6 Å². The van der Waals surface area contributed by atoms with Gasteiger partial charge in [-0.2, -0.15) is 0 Å². The van der Waals surface area contributed by atoms with Crippen molar-refractivity contribution in [2.75, 3.05) is 13.7 Å². The van der Waals surface area contributed by atoms with E-state index in [9.17, 15) is 9.59 Å². The van der Waals surface area contributed by atoms with Gasteiger partial charge in [0, 0.05) is 23.4 Å². The van der Waals surface area contributed by atoms with Crippen LogP contribution in [0.5, 0.6) is 5.75 Å². The van der Waals surface area contributed by atoms with Gasteiger partial charge in [0.15, 0.2) is 0 Å². The van der Waals surface area contributed by atoms with Gasteiger partial charge in [-0.15, -0.1) is 11.3 Å². The van der Waals surface area contributed by atoms with E-state index < -0.39 is 0 Å². The Morgan fingerprint density at radius 3 is 2.91 bits per heavy atom. The second-order valence-corrected chi connectivity index (χ2v) is 10.6. The lowest BCUT2D eigenvalue weighted by Gasteiger charge is -2.32. The summed E-state index contributed by atoms with van der Waals surface area (Å²) in [5.41, 5.74) is 4.30. The Morgan fingerprint density at radius 2 is 2.03 bits per heavy atom. The van der Waals surface area contributed by atoms with Crippen LogP contribution < -0.4 is 21.3 Å². The molecule has 2 N–H and O–H groups in total. The molecule has 1 fully saturated rings.